The van der Waals surface area contributed by atoms with Crippen molar-refractivity contribution in [3.63, 3.8) is 0 Å². The minimum atomic E-state index is -1.38. The predicted octanol–water partition coefficient (Wildman–Crippen LogP) is 1.33. The summed E-state index contributed by atoms with van der Waals surface area (Å²) in [5.74, 6) is -2.67. The van der Waals surface area contributed by atoms with Gasteiger partial charge in [-0.1, -0.05) is 44.2 Å². The lowest BCUT2D eigenvalue weighted by Gasteiger charge is -2.22. The minimum Gasteiger partial charge on any atom is -0.548 e. The van der Waals surface area contributed by atoms with Crippen LogP contribution in [0.4, 0.5) is 0 Å². The largest absolute Gasteiger partial charge is 0.548 e. The van der Waals surface area contributed by atoms with Crippen molar-refractivity contribution in [1.29, 1.82) is 0 Å². The first-order valence-corrected chi connectivity index (χ1v) is 8.50. The second kappa shape index (κ2) is 9.38. The zero-order chi connectivity index (χ0) is 19.8. The van der Waals surface area contributed by atoms with E-state index < -0.39 is 23.8 Å². The quantitative estimate of drug-likeness (QED) is 0.682. The molecule has 142 valence electrons. The maximum Gasteiger partial charge on any atom is 0.291 e. The van der Waals surface area contributed by atoms with E-state index in [0.717, 1.165) is 0 Å². The van der Waals surface area contributed by atoms with Crippen LogP contribution in [0, 0.1) is 5.92 Å². The Kier molecular flexibility index (Phi) is 6.93. The molecule has 0 fully saturated rings. The molecule has 0 aliphatic carbocycles. The number of rotatable bonds is 8. The lowest BCUT2D eigenvalue weighted by Crippen LogP contribution is -2.50. The molecule has 0 bridgehead atoms. The average molecular weight is 369 g/mol. The SMILES string of the molecule is CC(C)C[C@H](NC(=O)/C(=C\c1ccccc1)NC(=O)c1ccco1)C(=O)[O-]. The number of benzene rings is 1. The molecule has 1 aromatic carbocycles. The molecule has 7 nitrogen and oxygen atoms in total. The van der Waals surface area contributed by atoms with Crippen molar-refractivity contribution < 1.29 is 23.9 Å². The molecule has 1 aromatic heterocycles. The molecular weight excluding hydrogens is 348 g/mol. The number of aliphatic carboxylic acids is 1. The van der Waals surface area contributed by atoms with Gasteiger partial charge in [-0.3, -0.25) is 9.59 Å². The molecule has 0 aliphatic heterocycles. The van der Waals surface area contributed by atoms with Gasteiger partial charge >= 0.3 is 0 Å². The van der Waals surface area contributed by atoms with Crippen molar-refractivity contribution in [2.75, 3.05) is 0 Å². The molecule has 0 saturated heterocycles. The molecule has 0 radical (unpaired) electrons. The Bertz CT molecular complexity index is 810. The standard InChI is InChI=1S/C20H22N2O5/c1-13(2)11-16(20(25)26)22-18(23)15(12-14-7-4-3-5-8-14)21-19(24)17-9-6-10-27-17/h3-10,12-13,16H,11H2,1-2H3,(H,21,24)(H,22,23)(H,25,26)/p-1/b15-12+/t16-/m0/s1. The topological polar surface area (TPSA) is 111 Å². The van der Waals surface area contributed by atoms with E-state index in [4.69, 9.17) is 4.42 Å². The zero-order valence-corrected chi connectivity index (χ0v) is 15.1. The predicted molar refractivity (Wildman–Crippen MR) is 97.0 cm³/mol. The lowest BCUT2D eigenvalue weighted by atomic mass is 10.0. The van der Waals surface area contributed by atoms with Crippen LogP contribution in [0.1, 0.15) is 36.4 Å². The molecule has 1 heterocycles. The normalized spacial score (nSPS) is 12.5. The third kappa shape index (κ3) is 6.14. The fourth-order valence-electron chi connectivity index (χ4n) is 2.39. The first-order valence-electron chi connectivity index (χ1n) is 8.50. The molecule has 27 heavy (non-hydrogen) atoms. The Morgan fingerprint density at radius 2 is 1.81 bits per heavy atom. The van der Waals surface area contributed by atoms with Crippen molar-refractivity contribution in [1.82, 2.24) is 10.6 Å². The Labute approximate surface area is 157 Å². The van der Waals surface area contributed by atoms with E-state index in [0.29, 0.717) is 5.56 Å². The number of nitrogens with one attached hydrogen (secondary N) is 2. The van der Waals surface area contributed by atoms with Crippen molar-refractivity contribution >= 4 is 23.9 Å². The number of carboxylic acids is 1. The van der Waals surface area contributed by atoms with E-state index >= 15 is 0 Å². The van der Waals surface area contributed by atoms with Crippen molar-refractivity contribution in [2.24, 2.45) is 5.92 Å². The summed E-state index contributed by atoms with van der Waals surface area (Å²) in [4.78, 5) is 36.2. The number of furan rings is 1. The molecule has 0 saturated carbocycles. The van der Waals surface area contributed by atoms with E-state index in [9.17, 15) is 19.5 Å². The van der Waals surface area contributed by atoms with Crippen molar-refractivity contribution in [3.05, 3.63) is 65.7 Å². The highest BCUT2D eigenvalue weighted by molar-refractivity contribution is 6.05. The van der Waals surface area contributed by atoms with Gasteiger partial charge in [0.2, 0.25) is 0 Å². The summed E-state index contributed by atoms with van der Waals surface area (Å²) >= 11 is 0. The van der Waals surface area contributed by atoms with Crippen LogP contribution in [0.15, 0.2) is 58.8 Å². The number of carbonyl (C=O) groups excluding carboxylic acids is 3. The summed E-state index contributed by atoms with van der Waals surface area (Å²) in [5.41, 5.74) is 0.564. The molecule has 7 heteroatoms. The third-order valence-corrected chi connectivity index (χ3v) is 3.65. The van der Waals surface area contributed by atoms with Crippen LogP contribution in [0.2, 0.25) is 0 Å². The van der Waals surface area contributed by atoms with Gasteiger partial charge < -0.3 is 25.0 Å². The van der Waals surface area contributed by atoms with Crippen molar-refractivity contribution in [2.45, 2.75) is 26.3 Å². The van der Waals surface area contributed by atoms with Crippen LogP contribution in [0.3, 0.4) is 0 Å². The molecule has 2 aromatic rings. The lowest BCUT2D eigenvalue weighted by molar-refractivity contribution is -0.308. The van der Waals surface area contributed by atoms with Crippen LogP contribution < -0.4 is 15.7 Å². The zero-order valence-electron chi connectivity index (χ0n) is 15.1. The Balaban J connectivity index is 2.25. The van der Waals surface area contributed by atoms with Gasteiger partial charge in [-0.25, -0.2) is 0 Å². The molecule has 2 N–H and O–H groups in total. The van der Waals surface area contributed by atoms with E-state index in [1.165, 1.54) is 18.4 Å². The first kappa shape index (κ1) is 20.0. The molecule has 2 amide bonds. The van der Waals surface area contributed by atoms with Gasteiger partial charge in [-0.15, -0.1) is 0 Å². The number of amides is 2. The van der Waals surface area contributed by atoms with E-state index in [1.54, 1.807) is 30.3 Å². The summed E-state index contributed by atoms with van der Waals surface area (Å²) in [7, 11) is 0. The fraction of sp³-hybridized carbons (Fsp3) is 0.250. The van der Waals surface area contributed by atoms with Crippen molar-refractivity contribution in [3.8, 4) is 0 Å². The highest BCUT2D eigenvalue weighted by Crippen LogP contribution is 2.09. The van der Waals surface area contributed by atoms with Gasteiger partial charge in [0.25, 0.3) is 11.8 Å². The summed E-state index contributed by atoms with van der Waals surface area (Å²) in [6.45, 7) is 3.67. The molecule has 2 rings (SSSR count). The van der Waals surface area contributed by atoms with Gasteiger partial charge in [0.1, 0.15) is 5.70 Å². The van der Waals surface area contributed by atoms with Crippen LogP contribution in [0.5, 0.6) is 0 Å². The van der Waals surface area contributed by atoms with Crippen LogP contribution >= 0.6 is 0 Å². The van der Waals surface area contributed by atoms with E-state index in [1.807, 2.05) is 19.9 Å². The van der Waals surface area contributed by atoms with Gasteiger partial charge in [-0.2, -0.15) is 0 Å². The second-order valence-corrected chi connectivity index (χ2v) is 6.37. The summed E-state index contributed by atoms with van der Waals surface area (Å²) in [5, 5.41) is 16.2. The Hall–Kier alpha value is -3.35. The highest BCUT2D eigenvalue weighted by atomic mass is 16.4. The monoisotopic (exact) mass is 369 g/mol. The van der Waals surface area contributed by atoms with E-state index in [-0.39, 0.29) is 23.8 Å². The molecular formula is C20H21N2O5-. The van der Waals surface area contributed by atoms with Crippen LogP contribution in [0.25, 0.3) is 6.08 Å². The van der Waals surface area contributed by atoms with Crippen LogP contribution in [-0.2, 0) is 9.59 Å². The van der Waals surface area contributed by atoms with Gasteiger partial charge in [0, 0.05) is 0 Å². The number of carboxylic acid groups (broad SMARTS) is 1. The van der Waals surface area contributed by atoms with Gasteiger partial charge in [-0.05, 0) is 36.1 Å². The fourth-order valence-corrected chi connectivity index (χ4v) is 2.39. The average Bonchev–Trinajstić information content (AvgIpc) is 3.15. The smallest absolute Gasteiger partial charge is 0.291 e. The maximum absolute atomic E-state index is 12.6. The van der Waals surface area contributed by atoms with Gasteiger partial charge in [0.05, 0.1) is 18.3 Å². The molecule has 0 unspecified atom stereocenters. The minimum absolute atomic E-state index is 0.0281. The number of hydrogen-bond acceptors (Lipinski definition) is 5. The Morgan fingerprint density at radius 3 is 2.37 bits per heavy atom. The number of hydrogen-bond donors (Lipinski definition) is 2. The summed E-state index contributed by atoms with van der Waals surface area (Å²) < 4.78 is 5.02. The highest BCUT2D eigenvalue weighted by Gasteiger charge is 2.20. The summed E-state index contributed by atoms with van der Waals surface area (Å²) in [6.07, 6.45) is 3.00. The van der Waals surface area contributed by atoms with Gasteiger partial charge in [0.15, 0.2) is 5.76 Å². The Morgan fingerprint density at radius 1 is 1.11 bits per heavy atom. The summed E-state index contributed by atoms with van der Waals surface area (Å²) in [6, 6.07) is 10.7. The maximum atomic E-state index is 12.6. The number of carbonyl (C=O) groups is 3. The first-order chi connectivity index (χ1) is 12.9. The second-order valence-electron chi connectivity index (χ2n) is 6.37. The molecule has 0 aliphatic rings. The van der Waals surface area contributed by atoms with Crippen LogP contribution in [-0.4, -0.2) is 23.8 Å². The molecule has 1 atom stereocenters. The molecule has 0 spiro atoms. The van der Waals surface area contributed by atoms with E-state index in [2.05, 4.69) is 10.6 Å². The third-order valence-electron chi connectivity index (χ3n) is 3.65.